The van der Waals surface area contributed by atoms with Crippen LogP contribution in [0.15, 0.2) is 54.7 Å². The number of benzene rings is 2. The maximum atomic E-state index is 13.5. The molecule has 0 aliphatic rings. The number of carbonyl (C=O) groups is 1. The lowest BCUT2D eigenvalue weighted by Gasteiger charge is -2.31. The monoisotopic (exact) mass is 414 g/mol. The Morgan fingerprint density at radius 1 is 1.07 bits per heavy atom. The van der Waals surface area contributed by atoms with Gasteiger partial charge in [0.15, 0.2) is 0 Å². The van der Waals surface area contributed by atoms with E-state index in [1.165, 1.54) is 0 Å². The first-order chi connectivity index (χ1) is 13.5. The van der Waals surface area contributed by atoms with Crippen molar-refractivity contribution in [1.29, 1.82) is 0 Å². The number of hydrogen-bond donors (Lipinski definition) is 1. The van der Waals surface area contributed by atoms with Gasteiger partial charge in [0.2, 0.25) is 5.91 Å². The Balaban J connectivity index is 1.94. The zero-order chi connectivity index (χ0) is 20.1. The highest BCUT2D eigenvalue weighted by Crippen LogP contribution is 2.36. The highest BCUT2D eigenvalue weighted by Gasteiger charge is 2.36. The van der Waals surface area contributed by atoms with E-state index in [0.717, 1.165) is 30.2 Å². The second kappa shape index (κ2) is 8.93. The van der Waals surface area contributed by atoms with Crippen LogP contribution in [-0.2, 0) is 11.2 Å². The van der Waals surface area contributed by atoms with Crippen LogP contribution in [0.1, 0.15) is 38.7 Å². The van der Waals surface area contributed by atoms with Crippen LogP contribution in [0.3, 0.4) is 0 Å². The molecule has 5 heteroatoms. The number of pyridine rings is 1. The van der Waals surface area contributed by atoms with Gasteiger partial charge in [-0.25, -0.2) is 0 Å². The summed E-state index contributed by atoms with van der Waals surface area (Å²) < 4.78 is 0. The molecule has 0 aliphatic heterocycles. The van der Waals surface area contributed by atoms with Crippen LogP contribution in [0.25, 0.3) is 10.9 Å². The lowest BCUT2D eigenvalue weighted by Crippen LogP contribution is -2.38. The number of halogens is 2. The SMILES string of the molecule is CCCC(CC)(Cc1ccc(Cl)cc1)C(=O)Nc1ccc(Cl)c2cccnc12. The molecule has 0 radical (unpaired) electrons. The first kappa shape index (κ1) is 20.6. The van der Waals surface area contributed by atoms with Gasteiger partial charge in [-0.1, -0.05) is 55.6 Å². The van der Waals surface area contributed by atoms with E-state index in [0.29, 0.717) is 27.7 Å². The number of aromatic nitrogens is 1. The second-order valence-electron chi connectivity index (χ2n) is 7.14. The van der Waals surface area contributed by atoms with E-state index in [1.807, 2.05) is 42.5 Å². The molecule has 2 aromatic carbocycles. The van der Waals surface area contributed by atoms with Gasteiger partial charge in [-0.3, -0.25) is 9.78 Å². The molecule has 1 atom stereocenters. The van der Waals surface area contributed by atoms with Crippen LogP contribution >= 0.6 is 23.2 Å². The molecule has 0 spiro atoms. The summed E-state index contributed by atoms with van der Waals surface area (Å²) in [5, 5.41) is 5.29. The van der Waals surface area contributed by atoms with Gasteiger partial charge in [0.1, 0.15) is 0 Å². The molecule has 1 unspecified atom stereocenters. The first-order valence-corrected chi connectivity index (χ1v) is 10.3. The standard InChI is InChI=1S/C23H24Cl2N2O/c1-3-13-23(4-2,15-16-7-9-17(24)10-8-16)22(28)27-20-12-11-19(25)18-6-5-14-26-21(18)20/h5-12,14H,3-4,13,15H2,1-2H3,(H,27,28). The van der Waals surface area contributed by atoms with Crippen molar-refractivity contribution in [3.05, 3.63) is 70.3 Å². The molecule has 3 aromatic rings. The summed E-state index contributed by atoms with van der Waals surface area (Å²) in [6, 6.07) is 15.1. The lowest BCUT2D eigenvalue weighted by atomic mass is 9.74. The van der Waals surface area contributed by atoms with Gasteiger partial charge in [-0.2, -0.15) is 0 Å². The van der Waals surface area contributed by atoms with E-state index in [2.05, 4.69) is 24.1 Å². The Morgan fingerprint density at radius 3 is 2.50 bits per heavy atom. The molecular weight excluding hydrogens is 391 g/mol. The number of fused-ring (bicyclic) bond motifs is 1. The maximum absolute atomic E-state index is 13.5. The van der Waals surface area contributed by atoms with Crippen molar-refractivity contribution in [2.24, 2.45) is 5.41 Å². The molecule has 28 heavy (non-hydrogen) atoms. The highest BCUT2D eigenvalue weighted by molar-refractivity contribution is 6.36. The topological polar surface area (TPSA) is 42.0 Å². The maximum Gasteiger partial charge on any atom is 0.230 e. The fourth-order valence-electron chi connectivity index (χ4n) is 3.71. The van der Waals surface area contributed by atoms with Crippen LogP contribution in [0.4, 0.5) is 5.69 Å². The molecule has 3 nitrogen and oxygen atoms in total. The van der Waals surface area contributed by atoms with E-state index in [4.69, 9.17) is 23.2 Å². The number of nitrogens with zero attached hydrogens (tertiary/aromatic N) is 1. The van der Waals surface area contributed by atoms with Crippen LogP contribution in [0.5, 0.6) is 0 Å². The molecule has 146 valence electrons. The molecule has 0 aliphatic carbocycles. The summed E-state index contributed by atoms with van der Waals surface area (Å²) in [6.07, 6.45) is 4.85. The molecule has 0 fully saturated rings. The number of rotatable bonds is 7. The third-order valence-electron chi connectivity index (χ3n) is 5.31. The predicted molar refractivity (Wildman–Crippen MR) is 118 cm³/mol. The number of hydrogen-bond acceptors (Lipinski definition) is 2. The Bertz CT molecular complexity index is 972. The molecule has 3 rings (SSSR count). The van der Waals surface area contributed by atoms with Crippen LogP contribution in [0, 0.1) is 5.41 Å². The first-order valence-electron chi connectivity index (χ1n) is 9.58. The van der Waals surface area contributed by atoms with Gasteiger partial charge in [-0.05, 0) is 61.2 Å². The Kier molecular flexibility index (Phi) is 6.58. The van der Waals surface area contributed by atoms with Crippen molar-refractivity contribution >= 4 is 45.7 Å². The van der Waals surface area contributed by atoms with Crippen molar-refractivity contribution in [3.63, 3.8) is 0 Å². The van der Waals surface area contributed by atoms with Crippen molar-refractivity contribution in [2.75, 3.05) is 5.32 Å². The van der Waals surface area contributed by atoms with Gasteiger partial charge in [0, 0.05) is 16.6 Å². The van der Waals surface area contributed by atoms with Gasteiger partial charge >= 0.3 is 0 Å². The second-order valence-corrected chi connectivity index (χ2v) is 7.98. The summed E-state index contributed by atoms with van der Waals surface area (Å²) in [5.41, 5.74) is 2.00. The predicted octanol–water partition coefficient (Wildman–Crippen LogP) is 6.92. The van der Waals surface area contributed by atoms with E-state index in [9.17, 15) is 4.79 Å². The quantitative estimate of drug-likeness (QED) is 0.455. The highest BCUT2D eigenvalue weighted by atomic mass is 35.5. The smallest absolute Gasteiger partial charge is 0.230 e. The van der Waals surface area contributed by atoms with Gasteiger partial charge in [-0.15, -0.1) is 0 Å². The number of carbonyl (C=O) groups excluding carboxylic acids is 1. The summed E-state index contributed by atoms with van der Waals surface area (Å²) in [5.74, 6) is 0.0149. The minimum absolute atomic E-state index is 0.0149. The summed E-state index contributed by atoms with van der Waals surface area (Å²) in [4.78, 5) is 17.9. The minimum Gasteiger partial charge on any atom is -0.324 e. The third-order valence-corrected chi connectivity index (χ3v) is 5.89. The lowest BCUT2D eigenvalue weighted by molar-refractivity contribution is -0.126. The number of anilines is 1. The van der Waals surface area contributed by atoms with E-state index in [1.54, 1.807) is 12.3 Å². The van der Waals surface area contributed by atoms with Crippen molar-refractivity contribution in [2.45, 2.75) is 39.5 Å². The minimum atomic E-state index is -0.497. The Morgan fingerprint density at radius 2 is 1.82 bits per heavy atom. The van der Waals surface area contributed by atoms with Crippen LogP contribution in [0.2, 0.25) is 10.0 Å². The third kappa shape index (κ3) is 4.31. The van der Waals surface area contributed by atoms with Crippen LogP contribution < -0.4 is 5.32 Å². The zero-order valence-electron chi connectivity index (χ0n) is 16.1. The largest absolute Gasteiger partial charge is 0.324 e. The molecule has 1 heterocycles. The Labute approximate surface area is 176 Å². The fraction of sp³-hybridized carbons (Fsp3) is 0.304. The molecule has 1 N–H and O–H groups in total. The van der Waals surface area contributed by atoms with Gasteiger partial charge in [0.05, 0.1) is 21.6 Å². The van der Waals surface area contributed by atoms with E-state index < -0.39 is 5.41 Å². The normalized spacial score (nSPS) is 13.3. The van der Waals surface area contributed by atoms with Crippen LogP contribution in [-0.4, -0.2) is 10.9 Å². The number of nitrogens with one attached hydrogen (secondary N) is 1. The molecule has 0 bridgehead atoms. The van der Waals surface area contributed by atoms with Crippen molar-refractivity contribution in [3.8, 4) is 0 Å². The van der Waals surface area contributed by atoms with E-state index in [-0.39, 0.29) is 5.91 Å². The molecular formula is C23H24Cl2N2O. The van der Waals surface area contributed by atoms with Gasteiger partial charge in [0.25, 0.3) is 0 Å². The number of amides is 1. The van der Waals surface area contributed by atoms with Crippen molar-refractivity contribution in [1.82, 2.24) is 4.98 Å². The van der Waals surface area contributed by atoms with Gasteiger partial charge < -0.3 is 5.32 Å². The fourth-order valence-corrected chi connectivity index (χ4v) is 4.05. The summed E-state index contributed by atoms with van der Waals surface area (Å²) in [7, 11) is 0. The average Bonchev–Trinajstić information content (AvgIpc) is 2.71. The summed E-state index contributed by atoms with van der Waals surface area (Å²) >= 11 is 12.3. The zero-order valence-corrected chi connectivity index (χ0v) is 17.6. The molecule has 0 saturated carbocycles. The molecule has 0 saturated heterocycles. The average molecular weight is 415 g/mol. The summed E-state index contributed by atoms with van der Waals surface area (Å²) in [6.45, 7) is 4.18. The molecule has 1 amide bonds. The van der Waals surface area contributed by atoms with E-state index >= 15 is 0 Å². The van der Waals surface area contributed by atoms with Crippen molar-refractivity contribution < 1.29 is 4.79 Å². The molecule has 1 aromatic heterocycles. The Hall–Kier alpha value is -2.10.